The maximum Gasteiger partial charge on any atom is 0.349 e. The predicted molar refractivity (Wildman–Crippen MR) is 103 cm³/mol. The van der Waals surface area contributed by atoms with E-state index in [4.69, 9.17) is 16.6 Å². The van der Waals surface area contributed by atoms with Gasteiger partial charge in [0.05, 0.1) is 12.3 Å². The van der Waals surface area contributed by atoms with E-state index in [1.54, 1.807) is 22.9 Å². The van der Waals surface area contributed by atoms with Gasteiger partial charge in [0.1, 0.15) is 11.6 Å². The summed E-state index contributed by atoms with van der Waals surface area (Å²) in [6, 6.07) is 5.38. The van der Waals surface area contributed by atoms with Gasteiger partial charge in [-0.3, -0.25) is 4.57 Å². The lowest BCUT2D eigenvalue weighted by Gasteiger charge is -2.31. The van der Waals surface area contributed by atoms with Crippen molar-refractivity contribution in [1.29, 1.82) is 0 Å². The van der Waals surface area contributed by atoms with E-state index in [2.05, 4.69) is 30.7 Å². The van der Waals surface area contributed by atoms with Gasteiger partial charge < -0.3 is 16.6 Å². The Bertz CT molecular complexity index is 795. The predicted octanol–water partition coefficient (Wildman–Crippen LogP) is 1.98. The molecular weight excluding hydrogens is 330 g/mol. The van der Waals surface area contributed by atoms with Crippen molar-refractivity contribution in [2.75, 3.05) is 11.5 Å². The highest BCUT2D eigenvalue weighted by Crippen LogP contribution is 2.33. The number of hydrogen-bond donors (Lipinski definition) is 3. The fraction of sp³-hybridized carbons (Fsp3) is 0.526. The average molecular weight is 359 g/mol. The van der Waals surface area contributed by atoms with Crippen LogP contribution in [0.15, 0.2) is 29.2 Å². The third-order valence-corrected chi connectivity index (χ3v) is 4.83. The van der Waals surface area contributed by atoms with Crippen molar-refractivity contribution < 1.29 is 5.11 Å². The van der Waals surface area contributed by atoms with Crippen LogP contribution in [-0.4, -0.2) is 19.6 Å². The van der Waals surface area contributed by atoms with Crippen LogP contribution in [0.25, 0.3) is 0 Å². The first-order chi connectivity index (χ1) is 12.2. The Morgan fingerprint density at radius 3 is 2.46 bits per heavy atom. The molecule has 1 unspecified atom stereocenters. The number of hydrogen-bond acceptors (Lipinski definition) is 6. The van der Waals surface area contributed by atoms with Gasteiger partial charge in [0.15, 0.2) is 0 Å². The van der Waals surface area contributed by atoms with Crippen LogP contribution >= 0.6 is 0 Å². The first kappa shape index (κ1) is 19.9. The van der Waals surface area contributed by atoms with Gasteiger partial charge in [-0.25, -0.2) is 9.78 Å². The average Bonchev–Trinajstić information content (AvgIpc) is 2.56. The van der Waals surface area contributed by atoms with Gasteiger partial charge in [0.25, 0.3) is 0 Å². The normalized spacial score (nSPS) is 12.9. The summed E-state index contributed by atoms with van der Waals surface area (Å²) in [4.78, 5) is 19.9. The van der Waals surface area contributed by atoms with E-state index in [0.29, 0.717) is 24.0 Å². The maximum atomic E-state index is 11.9. The number of anilines is 2. The summed E-state index contributed by atoms with van der Waals surface area (Å²) in [7, 11) is 0. The molecule has 0 amide bonds. The van der Waals surface area contributed by atoms with Crippen molar-refractivity contribution in [1.82, 2.24) is 14.5 Å². The topological polar surface area (TPSA) is 120 Å². The molecule has 142 valence electrons. The highest BCUT2D eigenvalue weighted by atomic mass is 16.3. The van der Waals surface area contributed by atoms with Crippen molar-refractivity contribution in [2.45, 2.75) is 53.2 Å². The minimum absolute atomic E-state index is 0.0953. The molecule has 0 saturated heterocycles. The van der Waals surface area contributed by atoms with Crippen molar-refractivity contribution in [3.63, 3.8) is 0 Å². The van der Waals surface area contributed by atoms with Crippen LogP contribution in [0, 0.1) is 11.3 Å². The number of aromatic nitrogens is 3. The second kappa shape index (κ2) is 8.31. The van der Waals surface area contributed by atoms with Gasteiger partial charge in [-0.15, -0.1) is 0 Å². The van der Waals surface area contributed by atoms with Crippen LogP contribution in [0.2, 0.25) is 0 Å². The van der Waals surface area contributed by atoms with E-state index < -0.39 is 0 Å². The maximum absolute atomic E-state index is 11.9. The molecule has 0 fully saturated rings. The van der Waals surface area contributed by atoms with Gasteiger partial charge in [0, 0.05) is 12.7 Å². The Morgan fingerprint density at radius 2 is 1.88 bits per heavy atom. The van der Waals surface area contributed by atoms with Gasteiger partial charge >= 0.3 is 5.69 Å². The molecule has 2 aromatic rings. The van der Waals surface area contributed by atoms with Crippen LogP contribution < -0.4 is 17.2 Å². The minimum Gasteiger partial charge on any atom is -0.390 e. The molecule has 5 N–H and O–H groups in total. The minimum atomic E-state index is -0.314. The van der Waals surface area contributed by atoms with Crippen molar-refractivity contribution in [2.24, 2.45) is 11.3 Å². The monoisotopic (exact) mass is 359 g/mol. The standard InChI is InChI=1S/C19H29N5O2/c1-19(2,3)14(8-10-24-11-9-16(20)23-18(24)26)6-4-13-5-7-15(12-25)22-17(13)21/h5,7,9,11,14,25H,4,6,8,10,12H2,1-3H3,(H2,21,22)(H2,20,23,26). The van der Waals surface area contributed by atoms with Crippen molar-refractivity contribution >= 4 is 11.6 Å². The van der Waals surface area contributed by atoms with Crippen LogP contribution in [0.4, 0.5) is 11.6 Å². The molecule has 0 saturated carbocycles. The second-order valence-corrected chi connectivity index (χ2v) is 7.72. The molecule has 0 aliphatic rings. The first-order valence-corrected chi connectivity index (χ1v) is 8.89. The fourth-order valence-electron chi connectivity index (χ4n) is 3.09. The van der Waals surface area contributed by atoms with Gasteiger partial charge in [-0.1, -0.05) is 26.8 Å². The zero-order valence-corrected chi connectivity index (χ0v) is 15.8. The third-order valence-electron chi connectivity index (χ3n) is 4.83. The third kappa shape index (κ3) is 5.29. The Hall–Kier alpha value is -2.41. The van der Waals surface area contributed by atoms with E-state index in [1.807, 2.05) is 6.07 Å². The highest BCUT2D eigenvalue weighted by Gasteiger charge is 2.24. The summed E-state index contributed by atoms with van der Waals surface area (Å²) in [5, 5.41) is 9.14. The van der Waals surface area contributed by atoms with Crippen LogP contribution in [-0.2, 0) is 19.6 Å². The summed E-state index contributed by atoms with van der Waals surface area (Å²) in [6.45, 7) is 7.11. The zero-order chi connectivity index (χ0) is 19.3. The number of aliphatic hydroxyl groups is 1. The molecule has 7 nitrogen and oxygen atoms in total. The molecule has 26 heavy (non-hydrogen) atoms. The molecule has 0 spiro atoms. The van der Waals surface area contributed by atoms with Crippen LogP contribution in [0.3, 0.4) is 0 Å². The molecule has 7 heteroatoms. The van der Waals surface area contributed by atoms with Crippen molar-refractivity contribution in [3.05, 3.63) is 46.1 Å². The number of rotatable bonds is 7. The lowest BCUT2D eigenvalue weighted by atomic mass is 9.75. The molecule has 1 atom stereocenters. The van der Waals surface area contributed by atoms with Gasteiger partial charge in [-0.2, -0.15) is 4.98 Å². The molecule has 2 heterocycles. The zero-order valence-electron chi connectivity index (χ0n) is 15.8. The lowest BCUT2D eigenvalue weighted by molar-refractivity contribution is 0.203. The molecule has 0 aromatic carbocycles. The van der Waals surface area contributed by atoms with Crippen LogP contribution in [0.5, 0.6) is 0 Å². The quantitative estimate of drug-likeness (QED) is 0.695. The van der Waals surface area contributed by atoms with Gasteiger partial charge in [-0.05, 0) is 48.3 Å². The summed E-state index contributed by atoms with van der Waals surface area (Å²) < 4.78 is 1.60. The summed E-state index contributed by atoms with van der Waals surface area (Å²) in [5.74, 6) is 1.11. The Labute approximate surface area is 154 Å². The highest BCUT2D eigenvalue weighted by molar-refractivity contribution is 5.40. The summed E-state index contributed by atoms with van der Waals surface area (Å²) in [6.07, 6.45) is 4.29. The number of aliphatic hydroxyl groups excluding tert-OH is 1. The van der Waals surface area contributed by atoms with E-state index in [1.165, 1.54) is 0 Å². The first-order valence-electron chi connectivity index (χ1n) is 8.89. The number of nitrogens with two attached hydrogens (primary N) is 2. The summed E-state index contributed by atoms with van der Waals surface area (Å²) >= 11 is 0. The van der Waals surface area contributed by atoms with Crippen molar-refractivity contribution in [3.8, 4) is 0 Å². The Balaban J connectivity index is 2.05. The van der Waals surface area contributed by atoms with Gasteiger partial charge in [0.2, 0.25) is 0 Å². The largest absolute Gasteiger partial charge is 0.390 e. The number of aryl methyl sites for hydroxylation is 2. The van der Waals surface area contributed by atoms with E-state index >= 15 is 0 Å². The Kier molecular flexibility index (Phi) is 6.37. The molecule has 0 radical (unpaired) electrons. The Morgan fingerprint density at radius 1 is 1.15 bits per heavy atom. The molecule has 0 aliphatic carbocycles. The molecule has 2 rings (SSSR count). The molecular formula is C19H29N5O2. The number of nitrogens with zero attached hydrogens (tertiary/aromatic N) is 3. The lowest BCUT2D eigenvalue weighted by Crippen LogP contribution is -2.27. The second-order valence-electron chi connectivity index (χ2n) is 7.72. The summed E-state index contributed by atoms with van der Waals surface area (Å²) in [5.41, 5.74) is 12.9. The SMILES string of the molecule is CC(C)(C)C(CCc1ccc(CO)nc1N)CCn1ccc(N)nc1=O. The molecule has 0 aliphatic heterocycles. The number of pyridine rings is 1. The fourth-order valence-corrected chi connectivity index (χ4v) is 3.09. The molecule has 0 bridgehead atoms. The van der Waals surface area contributed by atoms with E-state index in [9.17, 15) is 4.79 Å². The molecule has 2 aromatic heterocycles. The van der Waals surface area contributed by atoms with E-state index in [-0.39, 0.29) is 23.5 Å². The smallest absolute Gasteiger partial charge is 0.349 e. The number of nitrogen functional groups attached to an aromatic ring is 2. The van der Waals surface area contributed by atoms with E-state index in [0.717, 1.165) is 24.8 Å². The van der Waals surface area contributed by atoms with Crippen LogP contribution in [0.1, 0.15) is 44.9 Å².